The first-order chi connectivity index (χ1) is 12.0. The van der Waals surface area contributed by atoms with Crippen LogP contribution in [0.25, 0.3) is 5.57 Å². The highest BCUT2D eigenvalue weighted by Crippen LogP contribution is 2.44. The molecule has 0 unspecified atom stereocenters. The maximum atomic E-state index is 12.9. The number of benzene rings is 1. The summed E-state index contributed by atoms with van der Waals surface area (Å²) in [7, 11) is 1.54. The topological polar surface area (TPSA) is 92.9 Å². The van der Waals surface area contributed by atoms with Gasteiger partial charge in [0.25, 0.3) is 11.8 Å². The van der Waals surface area contributed by atoms with Crippen LogP contribution in [-0.4, -0.2) is 53.7 Å². The van der Waals surface area contributed by atoms with Gasteiger partial charge in [-0.2, -0.15) is 0 Å². The Morgan fingerprint density at radius 1 is 1.24 bits per heavy atom. The van der Waals surface area contributed by atoms with Crippen LogP contribution in [0.15, 0.2) is 29.2 Å². The van der Waals surface area contributed by atoms with Gasteiger partial charge in [-0.1, -0.05) is 42.2 Å². The van der Waals surface area contributed by atoms with E-state index in [1.54, 1.807) is 24.3 Å². The van der Waals surface area contributed by atoms with Crippen molar-refractivity contribution in [1.82, 2.24) is 4.90 Å². The number of amides is 3. The van der Waals surface area contributed by atoms with E-state index >= 15 is 0 Å². The number of anilines is 1. The van der Waals surface area contributed by atoms with Crippen LogP contribution in [0.3, 0.4) is 0 Å². The number of para-hydroxylation sites is 1. The van der Waals surface area contributed by atoms with E-state index < -0.39 is 11.8 Å². The molecule has 1 aromatic rings. The Kier molecular flexibility index (Phi) is 4.89. The molecule has 1 fully saturated rings. The van der Waals surface area contributed by atoms with Gasteiger partial charge in [-0.3, -0.25) is 24.2 Å². The molecule has 2 aliphatic heterocycles. The van der Waals surface area contributed by atoms with Gasteiger partial charge in [-0.15, -0.1) is 0 Å². The number of hydrogen-bond acceptors (Lipinski definition) is 6. The zero-order chi connectivity index (χ0) is 18.1. The van der Waals surface area contributed by atoms with Gasteiger partial charge >= 0.3 is 0 Å². The average molecular weight is 377 g/mol. The lowest BCUT2D eigenvalue weighted by Gasteiger charge is -2.14. The third kappa shape index (κ3) is 3.06. The van der Waals surface area contributed by atoms with Gasteiger partial charge in [0.05, 0.1) is 29.3 Å². The van der Waals surface area contributed by atoms with E-state index in [4.69, 9.17) is 22.7 Å². The van der Waals surface area contributed by atoms with Crippen LogP contribution < -0.4 is 10.6 Å². The summed E-state index contributed by atoms with van der Waals surface area (Å²) in [6, 6.07) is 6.98. The standard InChI is InChI=1S/C16H15N3O4S2/c1-23-7-6-18-15(22)13(25-16(18)24)12-9-4-2-3-5-10(9)19(14(12)21)8-11(17)20/h2-5H,6-8H2,1H3,(H2,17,20). The number of primary amides is 1. The van der Waals surface area contributed by atoms with Crippen LogP contribution in [-0.2, 0) is 19.1 Å². The number of fused-ring (bicyclic) bond motifs is 1. The molecule has 0 spiro atoms. The first kappa shape index (κ1) is 17.6. The minimum absolute atomic E-state index is 0.247. The van der Waals surface area contributed by atoms with Gasteiger partial charge in [0.1, 0.15) is 10.9 Å². The van der Waals surface area contributed by atoms with Crippen molar-refractivity contribution in [3.05, 3.63) is 34.7 Å². The molecular weight excluding hydrogens is 362 g/mol. The molecule has 130 valence electrons. The number of nitrogens with zero attached hydrogens (tertiary/aromatic N) is 2. The fourth-order valence-electron chi connectivity index (χ4n) is 2.74. The summed E-state index contributed by atoms with van der Waals surface area (Å²) in [5.74, 6) is -1.38. The number of hydrogen-bond donors (Lipinski definition) is 1. The fraction of sp³-hybridized carbons (Fsp3) is 0.250. The Balaban J connectivity index is 2.06. The lowest BCUT2D eigenvalue weighted by Crippen LogP contribution is -2.36. The number of carbonyl (C=O) groups excluding carboxylic acids is 3. The van der Waals surface area contributed by atoms with Crippen molar-refractivity contribution in [2.45, 2.75) is 0 Å². The second-order valence-corrected chi connectivity index (χ2v) is 7.04. The molecular formula is C16H15N3O4S2. The Morgan fingerprint density at radius 3 is 2.64 bits per heavy atom. The lowest BCUT2D eigenvalue weighted by molar-refractivity contribution is -0.122. The Morgan fingerprint density at radius 2 is 1.96 bits per heavy atom. The number of carbonyl (C=O) groups is 3. The normalized spacial score (nSPS) is 19.8. The second-order valence-electron chi connectivity index (χ2n) is 5.40. The van der Waals surface area contributed by atoms with Gasteiger partial charge in [0.15, 0.2) is 0 Å². The Labute approximate surface area is 153 Å². The largest absolute Gasteiger partial charge is 0.383 e. The molecule has 0 atom stereocenters. The summed E-state index contributed by atoms with van der Waals surface area (Å²) in [5.41, 5.74) is 6.67. The number of methoxy groups -OCH3 is 1. The molecule has 25 heavy (non-hydrogen) atoms. The molecule has 0 saturated carbocycles. The van der Waals surface area contributed by atoms with Crippen LogP contribution in [0.5, 0.6) is 0 Å². The van der Waals surface area contributed by atoms with E-state index in [0.717, 1.165) is 11.8 Å². The highest BCUT2D eigenvalue weighted by molar-refractivity contribution is 8.26. The summed E-state index contributed by atoms with van der Waals surface area (Å²) in [4.78, 5) is 39.9. The van der Waals surface area contributed by atoms with Crippen molar-refractivity contribution in [3.63, 3.8) is 0 Å². The van der Waals surface area contributed by atoms with E-state index in [2.05, 4.69) is 0 Å². The zero-order valence-electron chi connectivity index (χ0n) is 13.4. The van der Waals surface area contributed by atoms with Crippen LogP contribution in [0, 0.1) is 0 Å². The molecule has 2 heterocycles. The molecule has 1 aromatic carbocycles. The second kappa shape index (κ2) is 6.95. The molecule has 1 saturated heterocycles. The monoisotopic (exact) mass is 377 g/mol. The molecule has 9 heteroatoms. The minimum atomic E-state index is -0.628. The third-order valence-electron chi connectivity index (χ3n) is 3.83. The summed E-state index contributed by atoms with van der Waals surface area (Å²) < 4.78 is 5.37. The number of thioether (sulfide) groups is 1. The van der Waals surface area contributed by atoms with Crippen molar-refractivity contribution in [2.75, 3.05) is 31.7 Å². The number of ether oxygens (including phenoxy) is 1. The maximum Gasteiger partial charge on any atom is 0.267 e. The Hall–Kier alpha value is -2.23. The first-order valence-electron chi connectivity index (χ1n) is 7.42. The lowest BCUT2D eigenvalue weighted by atomic mass is 10.1. The fourth-order valence-corrected chi connectivity index (χ4v) is 4.12. The van der Waals surface area contributed by atoms with Crippen LogP contribution in [0.1, 0.15) is 5.56 Å². The maximum absolute atomic E-state index is 12.9. The molecule has 0 aromatic heterocycles. The van der Waals surface area contributed by atoms with Crippen LogP contribution in [0.4, 0.5) is 5.69 Å². The van der Waals surface area contributed by atoms with Gasteiger partial charge < -0.3 is 10.5 Å². The summed E-state index contributed by atoms with van der Waals surface area (Å²) in [5, 5.41) is 0. The minimum Gasteiger partial charge on any atom is -0.383 e. The van der Waals surface area contributed by atoms with Crippen molar-refractivity contribution in [2.24, 2.45) is 5.73 Å². The molecule has 3 rings (SSSR count). The van der Waals surface area contributed by atoms with Crippen LogP contribution >= 0.6 is 24.0 Å². The smallest absolute Gasteiger partial charge is 0.267 e. The van der Waals surface area contributed by atoms with Gasteiger partial charge in [0, 0.05) is 12.7 Å². The molecule has 3 amide bonds. The van der Waals surface area contributed by atoms with Crippen molar-refractivity contribution in [3.8, 4) is 0 Å². The SMILES string of the molecule is COCCN1C(=O)C(=C2C(=O)N(CC(N)=O)c3ccccc32)SC1=S. The van der Waals surface area contributed by atoms with Gasteiger partial charge in [0.2, 0.25) is 5.91 Å². The molecule has 2 N–H and O–H groups in total. The predicted molar refractivity (Wildman–Crippen MR) is 98.7 cm³/mol. The molecule has 0 aliphatic carbocycles. The number of thiocarbonyl (C=S) groups is 1. The first-order valence-corrected chi connectivity index (χ1v) is 8.64. The van der Waals surface area contributed by atoms with Gasteiger partial charge in [-0.25, -0.2) is 0 Å². The van der Waals surface area contributed by atoms with Crippen LogP contribution in [0.2, 0.25) is 0 Å². The summed E-state index contributed by atoms with van der Waals surface area (Å²) in [6.45, 7) is 0.412. The molecule has 0 radical (unpaired) electrons. The summed E-state index contributed by atoms with van der Waals surface area (Å²) in [6.07, 6.45) is 0. The zero-order valence-corrected chi connectivity index (χ0v) is 15.0. The summed E-state index contributed by atoms with van der Waals surface area (Å²) >= 11 is 6.35. The molecule has 0 bridgehead atoms. The molecule has 2 aliphatic rings. The van der Waals surface area contributed by atoms with Crippen molar-refractivity contribution in [1.29, 1.82) is 0 Å². The van der Waals surface area contributed by atoms with Gasteiger partial charge in [-0.05, 0) is 6.07 Å². The highest BCUT2D eigenvalue weighted by atomic mass is 32.2. The van der Waals surface area contributed by atoms with E-state index in [1.807, 2.05) is 0 Å². The number of nitrogens with two attached hydrogens (primary N) is 1. The van der Waals surface area contributed by atoms with Crippen molar-refractivity contribution >= 4 is 57.3 Å². The molecule has 7 nitrogen and oxygen atoms in total. The number of rotatable bonds is 5. The van der Waals surface area contributed by atoms with E-state index in [9.17, 15) is 14.4 Å². The average Bonchev–Trinajstić information content (AvgIpc) is 3.00. The quantitative estimate of drug-likeness (QED) is 0.601. The predicted octanol–water partition coefficient (Wildman–Crippen LogP) is 0.736. The Bertz CT molecular complexity index is 821. The van der Waals surface area contributed by atoms with E-state index in [1.165, 1.54) is 16.9 Å². The van der Waals surface area contributed by atoms with Crippen molar-refractivity contribution < 1.29 is 19.1 Å². The highest BCUT2D eigenvalue weighted by Gasteiger charge is 2.42. The van der Waals surface area contributed by atoms with E-state index in [0.29, 0.717) is 28.7 Å². The third-order valence-corrected chi connectivity index (χ3v) is 5.28. The van der Waals surface area contributed by atoms with E-state index in [-0.39, 0.29) is 22.9 Å².